The zero-order chi connectivity index (χ0) is 15.0. The number of ketones is 1. The maximum absolute atomic E-state index is 11.8. The molecular weight excluding hydrogens is 260 g/mol. The summed E-state index contributed by atoms with van der Waals surface area (Å²) in [4.78, 5) is 21.5. The third kappa shape index (κ3) is 2.82. The highest BCUT2D eigenvalue weighted by Gasteiger charge is 2.21. The highest BCUT2D eigenvalue weighted by atomic mass is 16.1. The van der Waals surface area contributed by atoms with Crippen molar-refractivity contribution in [3.63, 3.8) is 0 Å². The summed E-state index contributed by atoms with van der Waals surface area (Å²) in [6.07, 6.45) is 3.76. The molecule has 110 valence electrons. The van der Waals surface area contributed by atoms with Gasteiger partial charge < -0.3 is 0 Å². The Labute approximate surface area is 125 Å². The quantitative estimate of drug-likeness (QED) is 0.618. The average molecular weight is 282 g/mol. The van der Waals surface area contributed by atoms with Crippen LogP contribution in [-0.4, -0.2) is 15.8 Å². The van der Waals surface area contributed by atoms with Gasteiger partial charge in [0.2, 0.25) is 0 Å². The zero-order valence-corrected chi connectivity index (χ0v) is 13.0. The molecule has 3 heteroatoms. The third-order valence-corrected chi connectivity index (χ3v) is 4.35. The van der Waals surface area contributed by atoms with Crippen molar-refractivity contribution in [2.45, 2.75) is 46.5 Å². The number of benzene rings is 1. The summed E-state index contributed by atoms with van der Waals surface area (Å²) in [7, 11) is 0. The van der Waals surface area contributed by atoms with E-state index in [-0.39, 0.29) is 5.78 Å². The van der Waals surface area contributed by atoms with Gasteiger partial charge in [0, 0.05) is 12.0 Å². The topological polar surface area (TPSA) is 42.9 Å². The van der Waals surface area contributed by atoms with Crippen molar-refractivity contribution in [3.05, 3.63) is 35.2 Å². The summed E-state index contributed by atoms with van der Waals surface area (Å²) in [6.45, 7) is 6.47. The molecule has 0 saturated carbocycles. The fraction of sp³-hybridized carbons (Fsp3) is 0.500. The minimum atomic E-state index is 0.163. The second kappa shape index (κ2) is 5.55. The van der Waals surface area contributed by atoms with Gasteiger partial charge >= 0.3 is 0 Å². The van der Waals surface area contributed by atoms with Crippen LogP contribution in [-0.2, 0) is 12.8 Å². The van der Waals surface area contributed by atoms with Crippen LogP contribution in [0.5, 0.6) is 0 Å². The Balaban J connectivity index is 2.09. The lowest BCUT2D eigenvalue weighted by Crippen LogP contribution is -2.04. The lowest BCUT2D eigenvalue weighted by Gasteiger charge is -2.09. The van der Waals surface area contributed by atoms with Crippen LogP contribution >= 0.6 is 0 Å². The number of nitrogens with zero attached hydrogens (tertiary/aromatic N) is 2. The SMILES string of the molecule is CCC(=O)c1ccc2nc3c(nc2c1)CC(C)CC(C)C3. The Hall–Kier alpha value is -1.77. The van der Waals surface area contributed by atoms with Gasteiger partial charge in [0.05, 0.1) is 22.4 Å². The van der Waals surface area contributed by atoms with Crippen molar-refractivity contribution in [2.75, 3.05) is 0 Å². The van der Waals surface area contributed by atoms with E-state index in [4.69, 9.17) is 9.97 Å². The molecule has 2 unspecified atom stereocenters. The first-order chi connectivity index (χ1) is 10.1. The van der Waals surface area contributed by atoms with Gasteiger partial charge in [0.15, 0.2) is 5.78 Å². The summed E-state index contributed by atoms with van der Waals surface area (Å²) in [6, 6.07) is 5.70. The number of hydrogen-bond acceptors (Lipinski definition) is 3. The number of fused-ring (bicyclic) bond motifs is 2. The van der Waals surface area contributed by atoms with E-state index in [9.17, 15) is 4.79 Å². The summed E-state index contributed by atoms with van der Waals surface area (Å²) < 4.78 is 0. The summed E-state index contributed by atoms with van der Waals surface area (Å²) >= 11 is 0. The molecule has 1 heterocycles. The van der Waals surface area contributed by atoms with Gasteiger partial charge in [-0.1, -0.05) is 20.8 Å². The molecule has 0 fully saturated rings. The lowest BCUT2D eigenvalue weighted by atomic mass is 9.96. The van der Waals surface area contributed by atoms with E-state index in [0.29, 0.717) is 18.3 Å². The van der Waals surface area contributed by atoms with Gasteiger partial charge in [-0.15, -0.1) is 0 Å². The predicted octanol–water partition coefficient (Wildman–Crippen LogP) is 3.98. The number of rotatable bonds is 2. The molecule has 0 N–H and O–H groups in total. The van der Waals surface area contributed by atoms with E-state index >= 15 is 0 Å². The van der Waals surface area contributed by atoms with Crippen molar-refractivity contribution < 1.29 is 4.79 Å². The highest BCUT2D eigenvalue weighted by Crippen LogP contribution is 2.27. The predicted molar refractivity (Wildman–Crippen MR) is 84.5 cm³/mol. The monoisotopic (exact) mass is 282 g/mol. The second-order valence-electron chi connectivity index (χ2n) is 6.45. The number of carbonyl (C=O) groups is 1. The van der Waals surface area contributed by atoms with E-state index in [1.165, 1.54) is 6.42 Å². The van der Waals surface area contributed by atoms with Gasteiger partial charge in [-0.05, 0) is 49.3 Å². The van der Waals surface area contributed by atoms with E-state index in [1.54, 1.807) is 0 Å². The first kappa shape index (κ1) is 14.2. The zero-order valence-electron chi connectivity index (χ0n) is 13.0. The summed E-state index contributed by atoms with van der Waals surface area (Å²) in [5.41, 5.74) is 4.78. The van der Waals surface area contributed by atoms with Crippen molar-refractivity contribution in [2.24, 2.45) is 11.8 Å². The standard InChI is InChI=1S/C18H22N2O/c1-4-18(21)13-5-6-14-17(10-13)20-16-9-12(3)7-11(2)8-15(16)19-14/h5-6,10-12H,4,7-9H2,1-3H3. The first-order valence-electron chi connectivity index (χ1n) is 7.89. The molecule has 0 saturated heterocycles. The van der Waals surface area contributed by atoms with Crippen LogP contribution in [0.25, 0.3) is 11.0 Å². The molecule has 0 spiro atoms. The van der Waals surface area contributed by atoms with Gasteiger partial charge in [-0.3, -0.25) is 4.79 Å². The Kier molecular flexibility index (Phi) is 3.75. The maximum atomic E-state index is 11.8. The Morgan fingerprint density at radius 3 is 2.33 bits per heavy atom. The van der Waals surface area contributed by atoms with Crippen molar-refractivity contribution in [3.8, 4) is 0 Å². The Morgan fingerprint density at radius 1 is 1.10 bits per heavy atom. The van der Waals surface area contributed by atoms with Crippen LogP contribution in [0, 0.1) is 11.8 Å². The lowest BCUT2D eigenvalue weighted by molar-refractivity contribution is 0.0988. The Bertz CT molecular complexity index is 693. The third-order valence-electron chi connectivity index (χ3n) is 4.35. The minimum Gasteiger partial charge on any atom is -0.294 e. The molecule has 3 nitrogen and oxygen atoms in total. The molecule has 2 aromatic rings. The fourth-order valence-corrected chi connectivity index (χ4v) is 3.35. The van der Waals surface area contributed by atoms with Crippen LogP contribution in [0.15, 0.2) is 18.2 Å². The molecule has 2 atom stereocenters. The maximum Gasteiger partial charge on any atom is 0.162 e. The van der Waals surface area contributed by atoms with Crippen LogP contribution in [0.3, 0.4) is 0 Å². The summed E-state index contributed by atoms with van der Waals surface area (Å²) in [5.74, 6) is 1.47. The average Bonchev–Trinajstić information content (AvgIpc) is 2.59. The Morgan fingerprint density at radius 2 is 1.71 bits per heavy atom. The molecule has 1 aromatic carbocycles. The molecule has 3 rings (SSSR count). The van der Waals surface area contributed by atoms with Gasteiger partial charge in [-0.25, -0.2) is 9.97 Å². The largest absolute Gasteiger partial charge is 0.294 e. The number of Topliss-reactive ketones (excluding diaryl/α,β-unsaturated/α-hetero) is 1. The fourth-order valence-electron chi connectivity index (χ4n) is 3.35. The number of hydrogen-bond donors (Lipinski definition) is 0. The first-order valence-corrected chi connectivity index (χ1v) is 7.89. The molecule has 1 aliphatic rings. The molecule has 1 aliphatic carbocycles. The van der Waals surface area contributed by atoms with E-state index in [2.05, 4.69) is 13.8 Å². The number of carbonyl (C=O) groups excluding carboxylic acids is 1. The second-order valence-corrected chi connectivity index (χ2v) is 6.45. The van der Waals surface area contributed by atoms with Crippen LogP contribution in [0.4, 0.5) is 0 Å². The van der Waals surface area contributed by atoms with Crippen molar-refractivity contribution >= 4 is 16.8 Å². The molecule has 0 radical (unpaired) electrons. The number of aromatic nitrogens is 2. The molecule has 0 bridgehead atoms. The van der Waals surface area contributed by atoms with Gasteiger partial charge in [-0.2, -0.15) is 0 Å². The van der Waals surface area contributed by atoms with E-state index < -0.39 is 0 Å². The van der Waals surface area contributed by atoms with E-state index in [1.807, 2.05) is 25.1 Å². The summed E-state index contributed by atoms with van der Waals surface area (Å²) in [5, 5.41) is 0. The normalized spacial score (nSPS) is 21.9. The van der Waals surface area contributed by atoms with Crippen molar-refractivity contribution in [1.29, 1.82) is 0 Å². The molecular formula is C18H22N2O. The van der Waals surface area contributed by atoms with Gasteiger partial charge in [0.1, 0.15) is 0 Å². The van der Waals surface area contributed by atoms with Gasteiger partial charge in [0.25, 0.3) is 0 Å². The molecule has 0 aliphatic heterocycles. The smallest absolute Gasteiger partial charge is 0.162 e. The molecule has 0 amide bonds. The van der Waals surface area contributed by atoms with Crippen LogP contribution in [0.2, 0.25) is 0 Å². The minimum absolute atomic E-state index is 0.163. The molecule has 21 heavy (non-hydrogen) atoms. The van der Waals surface area contributed by atoms with E-state index in [0.717, 1.165) is 40.8 Å². The highest BCUT2D eigenvalue weighted by molar-refractivity contribution is 5.98. The molecule has 1 aromatic heterocycles. The van der Waals surface area contributed by atoms with Crippen molar-refractivity contribution in [1.82, 2.24) is 9.97 Å². The van der Waals surface area contributed by atoms with Crippen LogP contribution in [0.1, 0.15) is 55.4 Å². The van der Waals surface area contributed by atoms with Crippen LogP contribution < -0.4 is 0 Å².